The summed E-state index contributed by atoms with van der Waals surface area (Å²) in [6.07, 6.45) is 0.239. The van der Waals surface area contributed by atoms with Crippen molar-refractivity contribution in [2.75, 3.05) is 11.4 Å². The first-order chi connectivity index (χ1) is 11.8. The number of benzene rings is 2. The lowest BCUT2D eigenvalue weighted by Gasteiger charge is -2.17. The fourth-order valence-electron chi connectivity index (χ4n) is 2.71. The number of rotatable bonds is 4. The van der Waals surface area contributed by atoms with Crippen molar-refractivity contribution < 1.29 is 22.0 Å². The molecule has 0 radical (unpaired) electrons. The number of anilines is 1. The zero-order valence-electron chi connectivity index (χ0n) is 13.4. The monoisotopic (exact) mass is 366 g/mol. The number of halogens is 2. The Kier molecular flexibility index (Phi) is 4.57. The van der Waals surface area contributed by atoms with Gasteiger partial charge < -0.3 is 4.90 Å². The number of hydrogen-bond acceptors (Lipinski definition) is 3. The molecule has 1 aliphatic heterocycles. The van der Waals surface area contributed by atoms with Gasteiger partial charge in [-0.3, -0.25) is 4.79 Å². The lowest BCUT2D eigenvalue weighted by atomic mass is 10.2. The van der Waals surface area contributed by atoms with Crippen LogP contribution in [0.5, 0.6) is 0 Å². The maximum absolute atomic E-state index is 13.8. The summed E-state index contributed by atoms with van der Waals surface area (Å²) in [7, 11) is -4.35. The standard InChI is InChI=1S/C17H16F2N2O3S/c1-11-5-7-12(8-6-11)21-10-9-14(17(21)22)20-25(23,24)15-4-2-3-13(18)16(15)19/h2-8,14,20H,9-10H2,1H3. The second-order valence-electron chi connectivity index (χ2n) is 5.84. The molecule has 2 aromatic carbocycles. The highest BCUT2D eigenvalue weighted by Gasteiger charge is 2.36. The van der Waals surface area contributed by atoms with E-state index in [-0.39, 0.29) is 6.42 Å². The van der Waals surface area contributed by atoms with Gasteiger partial charge in [0.25, 0.3) is 0 Å². The second-order valence-corrected chi connectivity index (χ2v) is 7.52. The summed E-state index contributed by atoms with van der Waals surface area (Å²) < 4.78 is 53.8. The van der Waals surface area contributed by atoms with Crippen molar-refractivity contribution in [3.8, 4) is 0 Å². The molecule has 0 aliphatic carbocycles. The van der Waals surface area contributed by atoms with Crippen LogP contribution in [0.25, 0.3) is 0 Å². The molecule has 0 bridgehead atoms. The molecule has 1 unspecified atom stereocenters. The molecule has 1 heterocycles. The van der Waals surface area contributed by atoms with Crippen LogP contribution in [0.1, 0.15) is 12.0 Å². The first-order valence-corrected chi connectivity index (χ1v) is 9.12. The Balaban J connectivity index is 1.81. The quantitative estimate of drug-likeness (QED) is 0.903. The second kappa shape index (κ2) is 6.53. The minimum Gasteiger partial charge on any atom is -0.311 e. The molecular weight excluding hydrogens is 350 g/mol. The third-order valence-corrected chi connectivity index (χ3v) is 5.54. The molecule has 1 fully saturated rings. The van der Waals surface area contributed by atoms with Crippen LogP contribution in [0.2, 0.25) is 0 Å². The Morgan fingerprint density at radius 2 is 1.80 bits per heavy atom. The number of hydrogen-bond donors (Lipinski definition) is 1. The van der Waals surface area contributed by atoms with Crippen molar-refractivity contribution in [1.82, 2.24) is 4.72 Å². The SMILES string of the molecule is Cc1ccc(N2CCC(NS(=O)(=O)c3cccc(F)c3F)C2=O)cc1. The van der Waals surface area contributed by atoms with Crippen LogP contribution >= 0.6 is 0 Å². The van der Waals surface area contributed by atoms with Crippen LogP contribution in [0.3, 0.4) is 0 Å². The van der Waals surface area contributed by atoms with Gasteiger partial charge in [0.15, 0.2) is 11.6 Å². The summed E-state index contributed by atoms with van der Waals surface area (Å²) in [6, 6.07) is 9.11. The summed E-state index contributed by atoms with van der Waals surface area (Å²) in [6.45, 7) is 2.25. The van der Waals surface area contributed by atoms with Crippen LogP contribution in [-0.2, 0) is 14.8 Å². The van der Waals surface area contributed by atoms with E-state index in [1.807, 2.05) is 19.1 Å². The van der Waals surface area contributed by atoms with E-state index in [9.17, 15) is 22.0 Å². The highest BCUT2D eigenvalue weighted by Crippen LogP contribution is 2.24. The lowest BCUT2D eigenvalue weighted by Crippen LogP contribution is -2.41. The van der Waals surface area contributed by atoms with Gasteiger partial charge in [0.1, 0.15) is 10.9 Å². The minimum absolute atomic E-state index is 0.239. The molecule has 132 valence electrons. The zero-order valence-corrected chi connectivity index (χ0v) is 14.2. The molecule has 25 heavy (non-hydrogen) atoms. The van der Waals surface area contributed by atoms with Crippen LogP contribution in [0.15, 0.2) is 47.4 Å². The largest absolute Gasteiger partial charge is 0.311 e. The molecule has 3 rings (SSSR count). The number of nitrogens with zero attached hydrogens (tertiary/aromatic N) is 1. The Bertz CT molecular complexity index is 914. The Labute approximate surface area is 144 Å². The van der Waals surface area contributed by atoms with Gasteiger partial charge in [0.05, 0.1) is 0 Å². The molecule has 8 heteroatoms. The maximum atomic E-state index is 13.8. The van der Waals surface area contributed by atoms with E-state index in [1.165, 1.54) is 4.90 Å². The summed E-state index contributed by atoms with van der Waals surface area (Å²) >= 11 is 0. The number of aryl methyl sites for hydroxylation is 1. The molecule has 1 atom stereocenters. The highest BCUT2D eigenvalue weighted by atomic mass is 32.2. The van der Waals surface area contributed by atoms with Gasteiger partial charge >= 0.3 is 0 Å². The van der Waals surface area contributed by atoms with Gasteiger partial charge in [-0.1, -0.05) is 23.8 Å². The Hall–Kier alpha value is -2.32. The molecule has 5 nitrogen and oxygen atoms in total. The van der Waals surface area contributed by atoms with E-state index >= 15 is 0 Å². The van der Waals surface area contributed by atoms with Crippen molar-refractivity contribution in [2.45, 2.75) is 24.3 Å². The van der Waals surface area contributed by atoms with Gasteiger partial charge in [-0.15, -0.1) is 0 Å². The molecule has 1 saturated heterocycles. The van der Waals surface area contributed by atoms with E-state index in [0.717, 1.165) is 23.8 Å². The Morgan fingerprint density at radius 3 is 2.48 bits per heavy atom. The fourth-order valence-corrected chi connectivity index (χ4v) is 4.02. The molecule has 1 amide bonds. The normalized spacial score (nSPS) is 18.0. The molecular formula is C17H16F2N2O3S. The van der Waals surface area contributed by atoms with E-state index in [4.69, 9.17) is 0 Å². The minimum atomic E-state index is -4.35. The van der Waals surface area contributed by atoms with Gasteiger partial charge in [-0.25, -0.2) is 17.2 Å². The lowest BCUT2D eigenvalue weighted by molar-refractivity contribution is -0.118. The Morgan fingerprint density at radius 1 is 1.12 bits per heavy atom. The first-order valence-electron chi connectivity index (χ1n) is 7.64. The van der Waals surface area contributed by atoms with E-state index in [2.05, 4.69) is 4.72 Å². The number of amides is 1. The van der Waals surface area contributed by atoms with E-state index in [1.54, 1.807) is 12.1 Å². The molecule has 0 saturated carbocycles. The summed E-state index contributed by atoms with van der Waals surface area (Å²) in [5, 5.41) is 0. The molecule has 1 N–H and O–H groups in total. The van der Waals surface area contributed by atoms with Crippen molar-refractivity contribution in [3.63, 3.8) is 0 Å². The summed E-state index contributed by atoms with van der Waals surface area (Å²) in [5.74, 6) is -3.15. The van der Waals surface area contributed by atoms with Gasteiger partial charge in [-0.2, -0.15) is 4.72 Å². The number of nitrogens with one attached hydrogen (secondary N) is 1. The number of carbonyl (C=O) groups excluding carboxylic acids is 1. The van der Waals surface area contributed by atoms with E-state index in [0.29, 0.717) is 12.2 Å². The van der Waals surface area contributed by atoms with Crippen LogP contribution in [0, 0.1) is 18.6 Å². The smallest absolute Gasteiger partial charge is 0.245 e. The topological polar surface area (TPSA) is 66.5 Å². The maximum Gasteiger partial charge on any atom is 0.245 e. The van der Waals surface area contributed by atoms with Crippen LogP contribution in [0.4, 0.5) is 14.5 Å². The van der Waals surface area contributed by atoms with Crippen molar-refractivity contribution in [1.29, 1.82) is 0 Å². The predicted octanol–water partition coefficient (Wildman–Crippen LogP) is 2.36. The number of sulfonamides is 1. The predicted molar refractivity (Wildman–Crippen MR) is 88.6 cm³/mol. The molecule has 0 spiro atoms. The third kappa shape index (κ3) is 3.40. The summed E-state index contributed by atoms with van der Waals surface area (Å²) in [5.41, 5.74) is 1.70. The molecule has 0 aromatic heterocycles. The van der Waals surface area contributed by atoms with E-state index < -0.39 is 38.5 Å². The summed E-state index contributed by atoms with van der Waals surface area (Å²) in [4.78, 5) is 13.1. The van der Waals surface area contributed by atoms with Crippen molar-refractivity contribution in [2.24, 2.45) is 0 Å². The van der Waals surface area contributed by atoms with Crippen molar-refractivity contribution >= 4 is 21.6 Å². The fraction of sp³-hybridized carbons (Fsp3) is 0.235. The number of carbonyl (C=O) groups is 1. The zero-order chi connectivity index (χ0) is 18.2. The highest BCUT2D eigenvalue weighted by molar-refractivity contribution is 7.89. The van der Waals surface area contributed by atoms with Gasteiger partial charge in [0.2, 0.25) is 15.9 Å². The van der Waals surface area contributed by atoms with Gasteiger partial charge in [0, 0.05) is 12.2 Å². The van der Waals surface area contributed by atoms with Crippen LogP contribution < -0.4 is 9.62 Å². The molecule has 1 aliphatic rings. The van der Waals surface area contributed by atoms with Crippen molar-refractivity contribution in [3.05, 3.63) is 59.7 Å². The van der Waals surface area contributed by atoms with Crippen LogP contribution in [-0.4, -0.2) is 26.9 Å². The average molecular weight is 366 g/mol. The first kappa shape index (κ1) is 17.5. The third-order valence-electron chi connectivity index (χ3n) is 4.05. The van der Waals surface area contributed by atoms with Gasteiger partial charge in [-0.05, 0) is 37.6 Å². The molecule has 2 aromatic rings. The average Bonchev–Trinajstić information content (AvgIpc) is 2.91.